The summed E-state index contributed by atoms with van der Waals surface area (Å²) in [6, 6.07) is 12.4. The number of aromatic nitrogens is 2. The van der Waals surface area contributed by atoms with E-state index in [1.165, 1.54) is 0 Å². The van der Waals surface area contributed by atoms with Crippen molar-refractivity contribution in [1.29, 1.82) is 0 Å². The lowest BCUT2D eigenvalue weighted by Gasteiger charge is -2.07. The van der Waals surface area contributed by atoms with Crippen LogP contribution in [0.4, 0.5) is 5.69 Å². The van der Waals surface area contributed by atoms with E-state index >= 15 is 0 Å². The van der Waals surface area contributed by atoms with Crippen LogP contribution in [-0.2, 0) is 16.0 Å². The minimum absolute atomic E-state index is 0.0657. The molecule has 0 aliphatic rings. The van der Waals surface area contributed by atoms with Crippen molar-refractivity contribution in [1.82, 2.24) is 14.1 Å². The Kier molecular flexibility index (Phi) is 5.88. The summed E-state index contributed by atoms with van der Waals surface area (Å²) in [6.45, 7) is 0.974. The minimum atomic E-state index is -0.218. The zero-order valence-corrected chi connectivity index (χ0v) is 15.0. The summed E-state index contributed by atoms with van der Waals surface area (Å²) < 4.78 is 13.1. The quantitative estimate of drug-likeness (QED) is 0.622. The van der Waals surface area contributed by atoms with Crippen LogP contribution in [0.15, 0.2) is 42.5 Å². The third-order valence-corrected chi connectivity index (χ3v) is 4.28. The molecule has 1 heterocycles. The molecule has 1 aromatic heterocycles. The molecule has 0 unspecified atom stereocenters. The highest BCUT2D eigenvalue weighted by atomic mass is 32.1. The van der Waals surface area contributed by atoms with Crippen molar-refractivity contribution in [2.75, 3.05) is 25.6 Å². The summed E-state index contributed by atoms with van der Waals surface area (Å²) in [7, 11) is 1.59. The van der Waals surface area contributed by atoms with Gasteiger partial charge in [0.1, 0.15) is 11.0 Å². The van der Waals surface area contributed by atoms with Crippen molar-refractivity contribution in [3.05, 3.63) is 53.6 Å². The summed E-state index contributed by atoms with van der Waals surface area (Å²) in [5.74, 6) is -0.283. The van der Waals surface area contributed by atoms with Crippen LogP contribution in [-0.4, -0.2) is 40.8 Å². The molecule has 2 aromatic carbocycles. The van der Waals surface area contributed by atoms with Gasteiger partial charge in [0.2, 0.25) is 5.91 Å². The van der Waals surface area contributed by atoms with E-state index in [1.807, 2.05) is 12.1 Å². The maximum atomic E-state index is 12.4. The Bertz CT molecular complexity index is 908. The van der Waals surface area contributed by atoms with Crippen LogP contribution in [0.3, 0.4) is 0 Å². The molecule has 0 saturated carbocycles. The number of fused-ring (bicyclic) bond motifs is 1. The normalized spacial score (nSPS) is 10.7. The number of benzene rings is 2. The summed E-state index contributed by atoms with van der Waals surface area (Å²) in [5.41, 5.74) is 3.53. The Morgan fingerprint density at radius 1 is 1.08 bits per heavy atom. The largest absolute Gasteiger partial charge is 0.383 e. The van der Waals surface area contributed by atoms with Crippen LogP contribution in [0.25, 0.3) is 11.0 Å². The number of rotatable bonds is 7. The average Bonchev–Trinajstić information content (AvgIpc) is 3.11. The monoisotopic (exact) mass is 370 g/mol. The first-order valence-electron chi connectivity index (χ1n) is 8.04. The Balaban J connectivity index is 1.58. The van der Waals surface area contributed by atoms with Gasteiger partial charge in [0.05, 0.1) is 24.8 Å². The third-order valence-electron chi connectivity index (χ3n) is 3.72. The van der Waals surface area contributed by atoms with Gasteiger partial charge in [-0.05, 0) is 35.9 Å². The molecular weight excluding hydrogens is 352 g/mol. The van der Waals surface area contributed by atoms with Gasteiger partial charge < -0.3 is 15.4 Å². The highest BCUT2D eigenvalue weighted by Crippen LogP contribution is 2.16. The summed E-state index contributed by atoms with van der Waals surface area (Å²) in [6.07, 6.45) is 0.283. The van der Waals surface area contributed by atoms with E-state index in [2.05, 4.69) is 19.4 Å². The van der Waals surface area contributed by atoms with Crippen molar-refractivity contribution >= 4 is 40.3 Å². The summed E-state index contributed by atoms with van der Waals surface area (Å²) >= 11 is 1.12. The van der Waals surface area contributed by atoms with E-state index in [9.17, 15) is 9.59 Å². The summed E-state index contributed by atoms with van der Waals surface area (Å²) in [4.78, 5) is 24.1. The molecule has 0 aliphatic carbocycles. The van der Waals surface area contributed by atoms with Gasteiger partial charge in [-0.2, -0.15) is 8.75 Å². The van der Waals surface area contributed by atoms with Crippen molar-refractivity contribution in [3.8, 4) is 0 Å². The SMILES string of the molecule is COCCNC(=O)Cc1ccc(NC(=O)c2ccc3nsnc3c2)cc1. The molecule has 0 bridgehead atoms. The second-order valence-corrected chi connectivity index (χ2v) is 6.17. The van der Waals surface area contributed by atoms with Crippen LogP contribution >= 0.6 is 11.7 Å². The van der Waals surface area contributed by atoms with Crippen molar-refractivity contribution in [2.45, 2.75) is 6.42 Å². The number of ether oxygens (including phenoxy) is 1. The molecule has 0 spiro atoms. The molecule has 134 valence electrons. The average molecular weight is 370 g/mol. The molecule has 2 N–H and O–H groups in total. The molecule has 2 amide bonds. The topological polar surface area (TPSA) is 93.2 Å². The molecule has 0 aliphatic heterocycles. The fourth-order valence-corrected chi connectivity index (χ4v) is 2.89. The van der Waals surface area contributed by atoms with Gasteiger partial charge in [-0.25, -0.2) is 0 Å². The number of hydrogen-bond acceptors (Lipinski definition) is 6. The Morgan fingerprint density at radius 3 is 2.62 bits per heavy atom. The molecule has 7 nitrogen and oxygen atoms in total. The first-order valence-corrected chi connectivity index (χ1v) is 8.77. The zero-order chi connectivity index (χ0) is 18.4. The highest BCUT2D eigenvalue weighted by molar-refractivity contribution is 7.00. The maximum Gasteiger partial charge on any atom is 0.255 e. The smallest absolute Gasteiger partial charge is 0.255 e. The maximum absolute atomic E-state index is 12.4. The van der Waals surface area contributed by atoms with Gasteiger partial charge in [-0.1, -0.05) is 12.1 Å². The van der Waals surface area contributed by atoms with E-state index < -0.39 is 0 Å². The Hall–Kier alpha value is -2.84. The fraction of sp³-hybridized carbons (Fsp3) is 0.222. The van der Waals surface area contributed by atoms with Crippen LogP contribution in [0.5, 0.6) is 0 Å². The molecule has 0 radical (unpaired) electrons. The molecule has 3 rings (SSSR count). The second kappa shape index (κ2) is 8.50. The van der Waals surface area contributed by atoms with Crippen molar-refractivity contribution < 1.29 is 14.3 Å². The summed E-state index contributed by atoms with van der Waals surface area (Å²) in [5, 5.41) is 5.61. The van der Waals surface area contributed by atoms with Crippen LogP contribution in [0, 0.1) is 0 Å². The number of anilines is 1. The standard InChI is InChI=1S/C18H18N4O3S/c1-25-9-8-19-17(23)10-12-2-5-14(6-3-12)20-18(24)13-4-7-15-16(11-13)22-26-21-15/h2-7,11H,8-10H2,1H3,(H,19,23)(H,20,24). The molecule has 0 atom stereocenters. The Labute approximate surface area is 154 Å². The van der Waals surface area contributed by atoms with E-state index in [4.69, 9.17) is 4.74 Å². The number of nitrogens with one attached hydrogen (secondary N) is 2. The fourth-order valence-electron chi connectivity index (χ4n) is 2.37. The van der Waals surface area contributed by atoms with Gasteiger partial charge in [0, 0.05) is 24.9 Å². The van der Waals surface area contributed by atoms with Gasteiger partial charge in [-0.3, -0.25) is 9.59 Å². The van der Waals surface area contributed by atoms with Gasteiger partial charge >= 0.3 is 0 Å². The minimum Gasteiger partial charge on any atom is -0.383 e. The number of carbonyl (C=O) groups is 2. The lowest BCUT2D eigenvalue weighted by molar-refractivity contribution is -0.120. The van der Waals surface area contributed by atoms with Gasteiger partial charge in [-0.15, -0.1) is 0 Å². The number of nitrogens with zero attached hydrogens (tertiary/aromatic N) is 2. The lowest BCUT2D eigenvalue weighted by atomic mass is 10.1. The van der Waals surface area contributed by atoms with E-state index in [0.29, 0.717) is 29.9 Å². The predicted molar refractivity (Wildman–Crippen MR) is 100 cm³/mol. The molecule has 3 aromatic rings. The molecule has 8 heteroatoms. The van der Waals surface area contributed by atoms with Crippen LogP contribution in [0.1, 0.15) is 15.9 Å². The second-order valence-electron chi connectivity index (χ2n) is 5.64. The number of carbonyl (C=O) groups excluding carboxylic acids is 2. The zero-order valence-electron chi connectivity index (χ0n) is 14.2. The van der Waals surface area contributed by atoms with Crippen molar-refractivity contribution in [3.63, 3.8) is 0 Å². The lowest BCUT2D eigenvalue weighted by Crippen LogP contribution is -2.28. The van der Waals surface area contributed by atoms with Crippen LogP contribution < -0.4 is 10.6 Å². The first kappa shape index (κ1) is 18.0. The van der Waals surface area contributed by atoms with Gasteiger partial charge in [0.15, 0.2) is 0 Å². The van der Waals surface area contributed by atoms with E-state index in [1.54, 1.807) is 37.4 Å². The number of methoxy groups -OCH3 is 1. The van der Waals surface area contributed by atoms with E-state index in [-0.39, 0.29) is 18.2 Å². The highest BCUT2D eigenvalue weighted by Gasteiger charge is 2.09. The number of hydrogen-bond donors (Lipinski definition) is 2. The third kappa shape index (κ3) is 4.62. The molecular formula is C18H18N4O3S. The molecule has 0 saturated heterocycles. The van der Waals surface area contributed by atoms with Crippen molar-refractivity contribution in [2.24, 2.45) is 0 Å². The number of amides is 2. The first-order chi connectivity index (χ1) is 12.7. The Morgan fingerprint density at radius 2 is 1.85 bits per heavy atom. The predicted octanol–water partition coefficient (Wildman–Crippen LogP) is 2.25. The molecule has 0 fully saturated rings. The van der Waals surface area contributed by atoms with Gasteiger partial charge in [0.25, 0.3) is 5.91 Å². The molecule has 26 heavy (non-hydrogen) atoms. The van der Waals surface area contributed by atoms with E-state index in [0.717, 1.165) is 22.8 Å². The van der Waals surface area contributed by atoms with Crippen LogP contribution in [0.2, 0.25) is 0 Å².